The van der Waals surface area contributed by atoms with E-state index in [1.54, 1.807) is 0 Å². The molecular weight excluding hydrogens is 243 g/mol. The molecule has 6 heteroatoms. The average molecular weight is 258 g/mol. The Kier molecular flexibility index (Phi) is 4.62. The molecule has 17 heavy (non-hydrogen) atoms. The second-order valence-corrected chi connectivity index (χ2v) is 5.31. The van der Waals surface area contributed by atoms with Crippen LogP contribution in [0.3, 0.4) is 0 Å². The number of hydrogen-bond donors (Lipinski definition) is 2. The van der Waals surface area contributed by atoms with Crippen LogP contribution in [0.2, 0.25) is 0 Å². The van der Waals surface area contributed by atoms with Gasteiger partial charge in [-0.05, 0) is 32.0 Å². The topological polar surface area (TPSA) is 72.2 Å². The molecule has 0 aromatic heterocycles. The molecule has 0 aliphatic carbocycles. The molecule has 1 unspecified atom stereocenters. The number of benzene rings is 1. The standard InChI is InChI=1S/C11H15FN2O2S/c1-7(2)14-11(15)6-17(16)10-4-3-8(12)5-9(10)13/h3-5,7H,6,13H2,1-2H3,(H,14,15). The molecule has 4 nitrogen and oxygen atoms in total. The number of nitrogens with one attached hydrogen (secondary N) is 1. The van der Waals surface area contributed by atoms with E-state index in [1.807, 2.05) is 13.8 Å². The fourth-order valence-corrected chi connectivity index (χ4v) is 2.31. The summed E-state index contributed by atoms with van der Waals surface area (Å²) in [5, 5.41) is 2.63. The second kappa shape index (κ2) is 5.77. The number of nitrogen functional groups attached to an aromatic ring is 1. The van der Waals surface area contributed by atoms with Crippen LogP contribution in [0.4, 0.5) is 10.1 Å². The Morgan fingerprint density at radius 1 is 1.53 bits per heavy atom. The molecule has 1 aromatic carbocycles. The minimum atomic E-state index is -1.55. The summed E-state index contributed by atoms with van der Waals surface area (Å²) in [7, 11) is -1.55. The number of anilines is 1. The monoisotopic (exact) mass is 258 g/mol. The van der Waals surface area contributed by atoms with Crippen LogP contribution in [0.5, 0.6) is 0 Å². The van der Waals surface area contributed by atoms with E-state index in [9.17, 15) is 13.4 Å². The SMILES string of the molecule is CC(C)NC(=O)CS(=O)c1ccc(F)cc1N. The van der Waals surface area contributed by atoms with Gasteiger partial charge in [0.05, 0.1) is 21.4 Å². The van der Waals surface area contributed by atoms with Crippen LogP contribution >= 0.6 is 0 Å². The number of hydrogen-bond acceptors (Lipinski definition) is 3. The van der Waals surface area contributed by atoms with Gasteiger partial charge in [0.2, 0.25) is 5.91 Å². The number of carbonyl (C=O) groups is 1. The van der Waals surface area contributed by atoms with Gasteiger partial charge in [0.25, 0.3) is 0 Å². The lowest BCUT2D eigenvalue weighted by molar-refractivity contribution is -0.119. The van der Waals surface area contributed by atoms with Gasteiger partial charge in [0.15, 0.2) is 0 Å². The van der Waals surface area contributed by atoms with E-state index in [0.29, 0.717) is 0 Å². The molecule has 0 aliphatic rings. The molecule has 0 saturated heterocycles. The van der Waals surface area contributed by atoms with Gasteiger partial charge in [-0.2, -0.15) is 0 Å². The summed E-state index contributed by atoms with van der Waals surface area (Å²) in [6.07, 6.45) is 0. The third-order valence-electron chi connectivity index (χ3n) is 1.93. The molecular formula is C11H15FN2O2S. The lowest BCUT2D eigenvalue weighted by Crippen LogP contribution is -2.33. The number of halogens is 1. The van der Waals surface area contributed by atoms with Gasteiger partial charge in [-0.25, -0.2) is 4.39 Å². The zero-order valence-electron chi connectivity index (χ0n) is 9.70. The number of rotatable bonds is 4. The van der Waals surface area contributed by atoms with Gasteiger partial charge in [-0.15, -0.1) is 0 Å². The first-order valence-corrected chi connectivity index (χ1v) is 6.45. The smallest absolute Gasteiger partial charge is 0.233 e. The van der Waals surface area contributed by atoms with Gasteiger partial charge in [-0.1, -0.05) is 0 Å². The van der Waals surface area contributed by atoms with Crippen LogP contribution in [0.25, 0.3) is 0 Å². The van der Waals surface area contributed by atoms with E-state index in [0.717, 1.165) is 6.07 Å². The third-order valence-corrected chi connectivity index (χ3v) is 3.32. The van der Waals surface area contributed by atoms with E-state index in [4.69, 9.17) is 5.73 Å². The summed E-state index contributed by atoms with van der Waals surface area (Å²) in [5.74, 6) is -0.981. The maximum absolute atomic E-state index is 12.8. The van der Waals surface area contributed by atoms with Crippen LogP contribution in [0.1, 0.15) is 13.8 Å². The molecule has 0 bridgehead atoms. The van der Waals surface area contributed by atoms with Crippen LogP contribution in [0.15, 0.2) is 23.1 Å². The first-order chi connectivity index (χ1) is 7.90. The largest absolute Gasteiger partial charge is 0.398 e. The van der Waals surface area contributed by atoms with E-state index in [1.165, 1.54) is 12.1 Å². The fourth-order valence-electron chi connectivity index (χ4n) is 1.29. The fraction of sp³-hybridized carbons (Fsp3) is 0.364. The molecule has 3 N–H and O–H groups in total. The molecule has 0 spiro atoms. The highest BCUT2D eigenvalue weighted by Gasteiger charge is 2.13. The molecule has 0 saturated carbocycles. The van der Waals surface area contributed by atoms with Gasteiger partial charge in [0.1, 0.15) is 11.6 Å². The molecule has 0 aliphatic heterocycles. The summed E-state index contributed by atoms with van der Waals surface area (Å²) < 4.78 is 24.6. The average Bonchev–Trinajstić information content (AvgIpc) is 2.15. The van der Waals surface area contributed by atoms with Crippen molar-refractivity contribution < 1.29 is 13.4 Å². The Morgan fingerprint density at radius 3 is 2.71 bits per heavy atom. The molecule has 0 fully saturated rings. The second-order valence-electron chi connectivity index (χ2n) is 3.89. The van der Waals surface area contributed by atoms with Crippen LogP contribution < -0.4 is 11.1 Å². The lowest BCUT2D eigenvalue weighted by Gasteiger charge is -2.09. The van der Waals surface area contributed by atoms with Gasteiger partial charge in [0, 0.05) is 6.04 Å². The van der Waals surface area contributed by atoms with Crippen molar-refractivity contribution in [2.24, 2.45) is 0 Å². The maximum atomic E-state index is 12.8. The van der Waals surface area contributed by atoms with Crippen molar-refractivity contribution in [3.63, 3.8) is 0 Å². The Labute approximate surface area is 102 Å². The van der Waals surface area contributed by atoms with E-state index in [-0.39, 0.29) is 28.3 Å². The quantitative estimate of drug-likeness (QED) is 0.793. The first kappa shape index (κ1) is 13.6. The van der Waals surface area contributed by atoms with Crippen molar-refractivity contribution in [3.05, 3.63) is 24.0 Å². The molecule has 1 rings (SSSR count). The predicted octanol–water partition coefficient (Wildman–Crippen LogP) is 1.04. The van der Waals surface area contributed by atoms with Gasteiger partial charge >= 0.3 is 0 Å². The molecule has 1 aromatic rings. The summed E-state index contributed by atoms with van der Waals surface area (Å²) in [6, 6.07) is 3.59. The van der Waals surface area contributed by atoms with Crippen molar-refractivity contribution in [2.75, 3.05) is 11.5 Å². The summed E-state index contributed by atoms with van der Waals surface area (Å²) >= 11 is 0. The minimum absolute atomic E-state index is 0.00920. The number of amides is 1. The molecule has 0 radical (unpaired) electrons. The highest BCUT2D eigenvalue weighted by molar-refractivity contribution is 7.86. The zero-order chi connectivity index (χ0) is 13.0. The number of carbonyl (C=O) groups excluding carboxylic acids is 1. The summed E-state index contributed by atoms with van der Waals surface area (Å²) in [5.41, 5.74) is 5.63. The molecule has 0 heterocycles. The minimum Gasteiger partial charge on any atom is -0.398 e. The number of nitrogens with two attached hydrogens (primary N) is 1. The zero-order valence-corrected chi connectivity index (χ0v) is 10.5. The van der Waals surface area contributed by atoms with E-state index < -0.39 is 16.6 Å². The summed E-state index contributed by atoms with van der Waals surface area (Å²) in [6.45, 7) is 3.63. The highest BCUT2D eigenvalue weighted by atomic mass is 32.2. The van der Waals surface area contributed by atoms with Gasteiger partial charge in [-0.3, -0.25) is 9.00 Å². The predicted molar refractivity (Wildman–Crippen MR) is 65.4 cm³/mol. The van der Waals surface area contributed by atoms with Gasteiger partial charge < -0.3 is 11.1 Å². The Hall–Kier alpha value is -1.43. The molecule has 94 valence electrons. The van der Waals surface area contributed by atoms with Crippen molar-refractivity contribution in [1.29, 1.82) is 0 Å². The van der Waals surface area contributed by atoms with Crippen LogP contribution in [-0.2, 0) is 15.6 Å². The van der Waals surface area contributed by atoms with Crippen LogP contribution in [0, 0.1) is 5.82 Å². The highest BCUT2D eigenvalue weighted by Crippen LogP contribution is 2.17. The van der Waals surface area contributed by atoms with E-state index >= 15 is 0 Å². The molecule has 1 atom stereocenters. The first-order valence-electron chi connectivity index (χ1n) is 5.13. The van der Waals surface area contributed by atoms with E-state index in [2.05, 4.69) is 5.32 Å². The normalized spacial score (nSPS) is 12.5. The Balaban J connectivity index is 2.73. The Bertz CT molecular complexity index is 449. The van der Waals surface area contributed by atoms with Crippen LogP contribution in [-0.4, -0.2) is 21.9 Å². The maximum Gasteiger partial charge on any atom is 0.233 e. The Morgan fingerprint density at radius 2 is 2.18 bits per heavy atom. The van der Waals surface area contributed by atoms with Crippen molar-refractivity contribution in [2.45, 2.75) is 24.8 Å². The lowest BCUT2D eigenvalue weighted by atomic mass is 10.3. The van der Waals surface area contributed by atoms with Crippen molar-refractivity contribution in [3.8, 4) is 0 Å². The molecule has 1 amide bonds. The third kappa shape index (κ3) is 4.14. The summed E-state index contributed by atoms with van der Waals surface area (Å²) in [4.78, 5) is 11.7. The van der Waals surface area contributed by atoms with Crippen molar-refractivity contribution >= 4 is 22.4 Å². The van der Waals surface area contributed by atoms with Crippen molar-refractivity contribution in [1.82, 2.24) is 5.32 Å².